The maximum atomic E-state index is 6.37. The molecule has 0 aliphatic rings. The summed E-state index contributed by atoms with van der Waals surface area (Å²) >= 11 is 0. The van der Waals surface area contributed by atoms with Crippen molar-refractivity contribution in [1.82, 2.24) is 0 Å². The molecule has 0 aliphatic carbocycles. The van der Waals surface area contributed by atoms with Gasteiger partial charge in [-0.1, -0.05) is 103 Å². The topological polar surface area (TPSA) is 16.4 Å². The molecule has 0 bridgehead atoms. The summed E-state index contributed by atoms with van der Waals surface area (Å²) in [6.07, 6.45) is 0. The van der Waals surface area contributed by atoms with E-state index < -0.39 is 0 Å². The lowest BCUT2D eigenvalue weighted by Crippen LogP contribution is -2.11. The molecular formula is C37H27NO. The van der Waals surface area contributed by atoms with E-state index in [0.29, 0.717) is 0 Å². The van der Waals surface area contributed by atoms with Gasteiger partial charge in [0.05, 0.1) is 5.69 Å². The first-order chi connectivity index (χ1) is 19.3. The van der Waals surface area contributed by atoms with Crippen LogP contribution in [0.1, 0.15) is 5.56 Å². The van der Waals surface area contributed by atoms with Crippen LogP contribution in [0.4, 0.5) is 17.1 Å². The molecule has 0 aliphatic heterocycles. The Morgan fingerprint density at radius 1 is 0.436 bits per heavy atom. The zero-order valence-corrected chi connectivity index (χ0v) is 21.7. The summed E-state index contributed by atoms with van der Waals surface area (Å²) in [6.45, 7) is 2.16. The Labute approximate surface area is 228 Å². The molecule has 0 saturated carbocycles. The van der Waals surface area contributed by atoms with E-state index in [9.17, 15) is 0 Å². The van der Waals surface area contributed by atoms with Gasteiger partial charge in [-0.2, -0.15) is 0 Å². The summed E-state index contributed by atoms with van der Waals surface area (Å²) in [5.74, 6) is 0. The number of benzene rings is 6. The third kappa shape index (κ3) is 4.17. The molecule has 0 spiro atoms. The van der Waals surface area contributed by atoms with Gasteiger partial charge in [-0.15, -0.1) is 0 Å². The molecule has 0 saturated heterocycles. The number of furan rings is 1. The minimum absolute atomic E-state index is 0.915. The molecule has 186 valence electrons. The number of hydrogen-bond donors (Lipinski definition) is 0. The second-order valence-electron chi connectivity index (χ2n) is 9.85. The van der Waals surface area contributed by atoms with Crippen LogP contribution in [0.3, 0.4) is 0 Å². The Morgan fingerprint density at radius 2 is 0.923 bits per heavy atom. The number of rotatable bonds is 5. The molecule has 2 nitrogen and oxygen atoms in total. The fraction of sp³-hybridized carbons (Fsp3) is 0.0270. The fourth-order valence-electron chi connectivity index (χ4n) is 5.45. The molecule has 0 atom stereocenters. The van der Waals surface area contributed by atoms with Crippen LogP contribution in [0.25, 0.3) is 44.2 Å². The number of anilines is 3. The monoisotopic (exact) mass is 501 g/mol. The molecule has 39 heavy (non-hydrogen) atoms. The van der Waals surface area contributed by atoms with Crippen molar-refractivity contribution in [2.45, 2.75) is 6.92 Å². The minimum atomic E-state index is 0.915. The predicted molar refractivity (Wildman–Crippen MR) is 164 cm³/mol. The average molecular weight is 502 g/mol. The second kappa shape index (κ2) is 9.66. The van der Waals surface area contributed by atoms with Crippen LogP contribution < -0.4 is 4.90 Å². The Kier molecular flexibility index (Phi) is 5.71. The first-order valence-corrected chi connectivity index (χ1v) is 13.3. The van der Waals surface area contributed by atoms with E-state index >= 15 is 0 Å². The number of aryl methyl sites for hydroxylation is 1. The van der Waals surface area contributed by atoms with E-state index in [4.69, 9.17) is 4.42 Å². The van der Waals surface area contributed by atoms with Crippen molar-refractivity contribution in [3.8, 4) is 22.3 Å². The maximum absolute atomic E-state index is 6.37. The molecule has 2 heteroatoms. The standard InChI is InChI=1S/C37H27NO/c1-26-35(25-24-34-33-14-8-9-15-36(33)39-37(26)34)38(31-20-16-29(17-21-31)27-10-4-2-5-11-27)32-22-18-30(19-23-32)28-12-6-3-7-13-28/h2-25H,1H3. The van der Waals surface area contributed by atoms with E-state index in [2.05, 4.69) is 145 Å². The molecule has 6 aromatic carbocycles. The minimum Gasteiger partial charge on any atom is -0.456 e. The van der Waals surface area contributed by atoms with Crippen LogP contribution in [-0.4, -0.2) is 0 Å². The summed E-state index contributed by atoms with van der Waals surface area (Å²) < 4.78 is 6.37. The number of para-hydroxylation sites is 1. The highest BCUT2D eigenvalue weighted by Gasteiger charge is 2.19. The van der Waals surface area contributed by atoms with E-state index in [0.717, 1.165) is 44.6 Å². The highest BCUT2D eigenvalue weighted by molar-refractivity contribution is 6.07. The summed E-state index contributed by atoms with van der Waals surface area (Å²) in [6, 6.07) is 51.3. The summed E-state index contributed by atoms with van der Waals surface area (Å²) in [5, 5.41) is 2.29. The van der Waals surface area contributed by atoms with Crippen LogP contribution in [-0.2, 0) is 0 Å². The van der Waals surface area contributed by atoms with Gasteiger partial charge in [0.1, 0.15) is 11.2 Å². The van der Waals surface area contributed by atoms with Crippen LogP contribution in [0, 0.1) is 6.92 Å². The van der Waals surface area contributed by atoms with Crippen LogP contribution in [0.15, 0.2) is 150 Å². The van der Waals surface area contributed by atoms with Crippen LogP contribution >= 0.6 is 0 Å². The van der Waals surface area contributed by atoms with Crippen molar-refractivity contribution in [1.29, 1.82) is 0 Å². The fourth-order valence-corrected chi connectivity index (χ4v) is 5.45. The first-order valence-electron chi connectivity index (χ1n) is 13.3. The third-order valence-corrected chi connectivity index (χ3v) is 7.47. The molecule has 0 radical (unpaired) electrons. The van der Waals surface area contributed by atoms with Crippen LogP contribution in [0.2, 0.25) is 0 Å². The molecule has 7 aromatic rings. The summed E-state index contributed by atoms with van der Waals surface area (Å²) in [4.78, 5) is 2.32. The summed E-state index contributed by atoms with van der Waals surface area (Å²) in [5.41, 5.74) is 11.1. The van der Waals surface area contributed by atoms with Gasteiger partial charge in [0.25, 0.3) is 0 Å². The normalized spacial score (nSPS) is 11.2. The Bertz CT molecular complexity index is 1800. The van der Waals surface area contributed by atoms with Gasteiger partial charge in [0.15, 0.2) is 0 Å². The molecule has 1 heterocycles. The smallest absolute Gasteiger partial charge is 0.140 e. The van der Waals surface area contributed by atoms with Gasteiger partial charge in [-0.25, -0.2) is 0 Å². The molecule has 0 fully saturated rings. The number of fused-ring (bicyclic) bond motifs is 3. The van der Waals surface area contributed by atoms with E-state index in [-0.39, 0.29) is 0 Å². The van der Waals surface area contributed by atoms with Gasteiger partial charge < -0.3 is 9.32 Å². The van der Waals surface area contributed by atoms with E-state index in [1.165, 1.54) is 22.3 Å². The lowest BCUT2D eigenvalue weighted by molar-refractivity contribution is 0.666. The average Bonchev–Trinajstić information content (AvgIpc) is 3.40. The summed E-state index contributed by atoms with van der Waals surface area (Å²) in [7, 11) is 0. The van der Waals surface area contributed by atoms with Crippen molar-refractivity contribution >= 4 is 39.0 Å². The quantitative estimate of drug-likeness (QED) is 0.233. The number of hydrogen-bond acceptors (Lipinski definition) is 2. The van der Waals surface area contributed by atoms with Crippen molar-refractivity contribution in [3.05, 3.63) is 151 Å². The van der Waals surface area contributed by atoms with Crippen LogP contribution in [0.5, 0.6) is 0 Å². The molecule has 1 aromatic heterocycles. The van der Waals surface area contributed by atoms with Crippen molar-refractivity contribution in [3.63, 3.8) is 0 Å². The van der Waals surface area contributed by atoms with Crippen molar-refractivity contribution < 1.29 is 4.42 Å². The zero-order chi connectivity index (χ0) is 26.2. The van der Waals surface area contributed by atoms with Gasteiger partial charge in [-0.05, 0) is 71.6 Å². The van der Waals surface area contributed by atoms with E-state index in [1.807, 2.05) is 12.1 Å². The van der Waals surface area contributed by atoms with Crippen molar-refractivity contribution in [2.75, 3.05) is 4.90 Å². The van der Waals surface area contributed by atoms with E-state index in [1.54, 1.807) is 0 Å². The van der Waals surface area contributed by atoms with Gasteiger partial charge in [0.2, 0.25) is 0 Å². The highest BCUT2D eigenvalue weighted by Crippen LogP contribution is 2.42. The van der Waals surface area contributed by atoms with Gasteiger partial charge in [0, 0.05) is 27.7 Å². The highest BCUT2D eigenvalue weighted by atomic mass is 16.3. The molecular weight excluding hydrogens is 474 g/mol. The zero-order valence-electron chi connectivity index (χ0n) is 21.7. The Balaban J connectivity index is 1.37. The lowest BCUT2D eigenvalue weighted by Gasteiger charge is -2.27. The molecule has 0 N–H and O–H groups in total. The van der Waals surface area contributed by atoms with Gasteiger partial charge >= 0.3 is 0 Å². The Hall–Kier alpha value is -5.08. The van der Waals surface area contributed by atoms with Gasteiger partial charge in [-0.3, -0.25) is 0 Å². The molecule has 0 amide bonds. The first kappa shape index (κ1) is 23.1. The second-order valence-corrected chi connectivity index (χ2v) is 9.85. The maximum Gasteiger partial charge on any atom is 0.140 e. The molecule has 7 rings (SSSR count). The van der Waals surface area contributed by atoms with Crippen molar-refractivity contribution in [2.24, 2.45) is 0 Å². The predicted octanol–water partition coefficient (Wildman–Crippen LogP) is 10.7. The number of nitrogens with zero attached hydrogens (tertiary/aromatic N) is 1. The SMILES string of the molecule is Cc1c(N(c2ccc(-c3ccccc3)cc2)c2ccc(-c3ccccc3)cc2)ccc2c1oc1ccccc12. The largest absolute Gasteiger partial charge is 0.456 e. The third-order valence-electron chi connectivity index (χ3n) is 7.47. The molecule has 0 unspecified atom stereocenters. The lowest BCUT2D eigenvalue weighted by atomic mass is 10.0. The Morgan fingerprint density at radius 3 is 1.49 bits per heavy atom.